The summed E-state index contributed by atoms with van der Waals surface area (Å²) in [4.78, 5) is 0. The lowest BCUT2D eigenvalue weighted by atomic mass is 10.2. The molecular formula is C9H11F2NO. The molecule has 2 nitrogen and oxygen atoms in total. The summed E-state index contributed by atoms with van der Waals surface area (Å²) in [5.41, 5.74) is 0.685. The Morgan fingerprint density at radius 1 is 1.23 bits per heavy atom. The van der Waals surface area contributed by atoms with Crippen LogP contribution in [0.5, 0.6) is 0 Å². The molecule has 4 heteroatoms. The van der Waals surface area contributed by atoms with Crippen LogP contribution in [0.15, 0.2) is 30.3 Å². The van der Waals surface area contributed by atoms with E-state index in [-0.39, 0.29) is 0 Å². The molecule has 0 aromatic heterocycles. The van der Waals surface area contributed by atoms with Gasteiger partial charge in [-0.05, 0) is 12.6 Å². The molecule has 13 heavy (non-hydrogen) atoms. The van der Waals surface area contributed by atoms with Crippen molar-refractivity contribution in [2.24, 2.45) is 0 Å². The molecule has 1 aromatic carbocycles. The highest BCUT2D eigenvalue weighted by Crippen LogP contribution is 2.16. The summed E-state index contributed by atoms with van der Waals surface area (Å²) >= 11 is 0. The summed E-state index contributed by atoms with van der Waals surface area (Å²) < 4.78 is 28.1. The second kappa shape index (κ2) is 4.89. The van der Waals surface area contributed by atoms with E-state index in [1.165, 1.54) is 0 Å². The van der Waals surface area contributed by atoms with Crippen LogP contribution < -0.4 is 5.32 Å². The number of hydrogen-bond acceptors (Lipinski definition) is 2. The Kier molecular flexibility index (Phi) is 3.79. The van der Waals surface area contributed by atoms with Crippen LogP contribution in [0.2, 0.25) is 0 Å². The average Bonchev–Trinajstić information content (AvgIpc) is 2.15. The van der Waals surface area contributed by atoms with E-state index in [1.807, 2.05) is 6.07 Å². The Morgan fingerprint density at radius 2 is 1.85 bits per heavy atom. The van der Waals surface area contributed by atoms with Gasteiger partial charge in [-0.2, -0.15) is 8.78 Å². The highest BCUT2D eigenvalue weighted by atomic mass is 19.3. The summed E-state index contributed by atoms with van der Waals surface area (Å²) in [6.07, 6.45) is -0.749. The van der Waals surface area contributed by atoms with E-state index in [1.54, 1.807) is 31.3 Å². The molecule has 1 unspecified atom stereocenters. The summed E-state index contributed by atoms with van der Waals surface area (Å²) in [5, 5.41) is 2.65. The Labute approximate surface area is 75.5 Å². The van der Waals surface area contributed by atoms with Gasteiger partial charge in [0.1, 0.15) is 6.23 Å². The fourth-order valence-corrected chi connectivity index (χ4v) is 1.04. The van der Waals surface area contributed by atoms with Crippen LogP contribution in [0.1, 0.15) is 11.8 Å². The molecule has 1 atom stereocenters. The molecule has 0 amide bonds. The number of halogens is 2. The first-order valence-electron chi connectivity index (χ1n) is 3.90. The minimum Gasteiger partial charge on any atom is -0.300 e. The lowest BCUT2D eigenvalue weighted by molar-refractivity contribution is -0.171. The molecule has 0 aliphatic rings. The topological polar surface area (TPSA) is 21.3 Å². The van der Waals surface area contributed by atoms with Crippen molar-refractivity contribution in [2.75, 3.05) is 7.05 Å². The second-order valence-corrected chi connectivity index (χ2v) is 2.48. The number of nitrogens with one attached hydrogen (secondary N) is 1. The van der Waals surface area contributed by atoms with Gasteiger partial charge in [-0.15, -0.1) is 0 Å². The maximum atomic E-state index is 11.9. The molecule has 0 heterocycles. The van der Waals surface area contributed by atoms with Crippen LogP contribution in [0.25, 0.3) is 0 Å². The van der Waals surface area contributed by atoms with Crippen molar-refractivity contribution in [3.8, 4) is 0 Å². The van der Waals surface area contributed by atoms with Gasteiger partial charge >= 0.3 is 6.61 Å². The summed E-state index contributed by atoms with van der Waals surface area (Å²) in [5.74, 6) is 0. The molecule has 1 aromatic rings. The third kappa shape index (κ3) is 3.08. The normalized spacial score (nSPS) is 13.2. The molecular weight excluding hydrogens is 176 g/mol. The van der Waals surface area contributed by atoms with E-state index in [9.17, 15) is 8.78 Å². The standard InChI is InChI=1S/C9H11F2NO/c1-12-8(13-9(10)11)7-5-3-2-4-6-7/h2-6,8-9,12H,1H3. The van der Waals surface area contributed by atoms with E-state index < -0.39 is 12.8 Å². The Morgan fingerprint density at radius 3 is 2.31 bits per heavy atom. The number of rotatable bonds is 4. The maximum absolute atomic E-state index is 11.9. The van der Waals surface area contributed by atoms with E-state index in [2.05, 4.69) is 10.1 Å². The lowest BCUT2D eigenvalue weighted by Crippen LogP contribution is -2.21. The van der Waals surface area contributed by atoms with Gasteiger partial charge in [0.2, 0.25) is 0 Å². The minimum absolute atomic E-state index is 0.685. The Hall–Kier alpha value is -1.00. The van der Waals surface area contributed by atoms with Crippen molar-refractivity contribution in [2.45, 2.75) is 12.8 Å². The smallest absolute Gasteiger partial charge is 0.300 e. The van der Waals surface area contributed by atoms with Crippen molar-refractivity contribution >= 4 is 0 Å². The van der Waals surface area contributed by atoms with E-state index in [0.29, 0.717) is 5.56 Å². The fourth-order valence-electron chi connectivity index (χ4n) is 1.04. The van der Waals surface area contributed by atoms with Crippen LogP contribution in [0.3, 0.4) is 0 Å². The highest BCUT2D eigenvalue weighted by Gasteiger charge is 2.13. The molecule has 72 valence electrons. The van der Waals surface area contributed by atoms with Gasteiger partial charge in [0, 0.05) is 0 Å². The van der Waals surface area contributed by atoms with Crippen LogP contribution in [-0.2, 0) is 4.74 Å². The van der Waals surface area contributed by atoms with Gasteiger partial charge in [-0.3, -0.25) is 10.1 Å². The van der Waals surface area contributed by atoms with Crippen molar-refractivity contribution in [1.82, 2.24) is 5.32 Å². The predicted octanol–water partition coefficient (Wildman–Crippen LogP) is 2.14. The van der Waals surface area contributed by atoms with Gasteiger partial charge in [0.25, 0.3) is 0 Å². The Balaban J connectivity index is 2.67. The van der Waals surface area contributed by atoms with Gasteiger partial charge in [-0.25, -0.2) is 0 Å². The van der Waals surface area contributed by atoms with Gasteiger partial charge in [0.05, 0.1) is 0 Å². The third-order valence-electron chi connectivity index (χ3n) is 1.60. The van der Waals surface area contributed by atoms with E-state index in [4.69, 9.17) is 0 Å². The molecule has 0 saturated heterocycles. The zero-order valence-corrected chi connectivity index (χ0v) is 7.21. The van der Waals surface area contributed by atoms with Crippen LogP contribution in [0.4, 0.5) is 8.78 Å². The second-order valence-electron chi connectivity index (χ2n) is 2.48. The van der Waals surface area contributed by atoms with Gasteiger partial charge in [0.15, 0.2) is 0 Å². The number of alkyl halides is 2. The van der Waals surface area contributed by atoms with Crippen LogP contribution in [-0.4, -0.2) is 13.7 Å². The number of benzene rings is 1. The van der Waals surface area contributed by atoms with Crippen molar-refractivity contribution in [3.63, 3.8) is 0 Å². The Bertz CT molecular complexity index is 241. The molecule has 0 radical (unpaired) electrons. The first-order chi connectivity index (χ1) is 6.24. The van der Waals surface area contributed by atoms with Crippen molar-refractivity contribution < 1.29 is 13.5 Å². The lowest BCUT2D eigenvalue weighted by Gasteiger charge is -2.16. The largest absolute Gasteiger partial charge is 0.347 e. The summed E-state index contributed by atoms with van der Waals surface area (Å²) in [7, 11) is 1.57. The van der Waals surface area contributed by atoms with Crippen molar-refractivity contribution in [1.29, 1.82) is 0 Å². The fraction of sp³-hybridized carbons (Fsp3) is 0.333. The minimum atomic E-state index is -2.77. The SMILES string of the molecule is CNC(OC(F)F)c1ccccc1. The first kappa shape index (κ1) is 10.1. The molecule has 0 aliphatic heterocycles. The molecule has 1 N–H and O–H groups in total. The molecule has 0 saturated carbocycles. The zero-order chi connectivity index (χ0) is 9.68. The van der Waals surface area contributed by atoms with E-state index >= 15 is 0 Å². The maximum Gasteiger partial charge on any atom is 0.347 e. The number of ether oxygens (including phenoxy) is 1. The quantitative estimate of drug-likeness (QED) is 0.729. The van der Waals surface area contributed by atoms with E-state index in [0.717, 1.165) is 0 Å². The van der Waals surface area contributed by atoms with Gasteiger partial charge in [-0.1, -0.05) is 30.3 Å². The monoisotopic (exact) mass is 187 g/mol. The zero-order valence-electron chi connectivity index (χ0n) is 7.21. The van der Waals surface area contributed by atoms with Crippen molar-refractivity contribution in [3.05, 3.63) is 35.9 Å². The first-order valence-corrected chi connectivity index (χ1v) is 3.90. The average molecular weight is 187 g/mol. The molecule has 0 aliphatic carbocycles. The molecule has 0 spiro atoms. The highest BCUT2D eigenvalue weighted by molar-refractivity contribution is 5.16. The molecule has 1 rings (SSSR count). The number of hydrogen-bond donors (Lipinski definition) is 1. The summed E-state index contributed by atoms with van der Waals surface area (Å²) in [6.45, 7) is -2.77. The van der Waals surface area contributed by atoms with Gasteiger partial charge < -0.3 is 0 Å². The predicted molar refractivity (Wildman–Crippen MR) is 45.3 cm³/mol. The molecule has 0 fully saturated rings. The summed E-state index contributed by atoms with van der Waals surface area (Å²) in [6, 6.07) is 8.81. The van der Waals surface area contributed by atoms with Crippen LogP contribution in [0, 0.1) is 0 Å². The van der Waals surface area contributed by atoms with Crippen LogP contribution >= 0.6 is 0 Å². The molecule has 0 bridgehead atoms. The third-order valence-corrected chi connectivity index (χ3v) is 1.60.